The summed E-state index contributed by atoms with van der Waals surface area (Å²) >= 11 is 0. The Morgan fingerprint density at radius 3 is 1.95 bits per heavy atom. The van der Waals surface area contributed by atoms with Gasteiger partial charge in [0.2, 0.25) is 0 Å². The molecule has 1 spiro atoms. The van der Waals surface area contributed by atoms with Crippen LogP contribution in [-0.2, 0) is 21.7 Å². The van der Waals surface area contributed by atoms with Crippen molar-refractivity contribution in [3.63, 3.8) is 0 Å². The SMILES string of the molecule is CC(C)c1cc(C(C)(C)C)c2c(c1)C1(CC1)CC(CC(C)c1cc(C(C)(C)C)c3c(c1)C(C)(C)CCO3)O2. The maximum absolute atomic E-state index is 7.02. The molecule has 2 nitrogen and oxygen atoms in total. The highest BCUT2D eigenvalue weighted by Crippen LogP contribution is 2.60. The Hall–Kier alpha value is -1.96. The molecule has 208 valence electrons. The number of ether oxygens (including phenoxy) is 2. The third-order valence-electron chi connectivity index (χ3n) is 9.72. The van der Waals surface area contributed by atoms with Gasteiger partial charge in [-0.25, -0.2) is 0 Å². The van der Waals surface area contributed by atoms with E-state index in [9.17, 15) is 0 Å². The Balaban J connectivity index is 1.50. The third-order valence-corrected chi connectivity index (χ3v) is 9.72. The van der Waals surface area contributed by atoms with Crippen molar-refractivity contribution in [1.82, 2.24) is 0 Å². The predicted molar refractivity (Wildman–Crippen MR) is 160 cm³/mol. The molecule has 2 atom stereocenters. The second kappa shape index (κ2) is 9.03. The monoisotopic (exact) mass is 516 g/mol. The van der Waals surface area contributed by atoms with Gasteiger partial charge in [0.25, 0.3) is 0 Å². The van der Waals surface area contributed by atoms with Crippen molar-refractivity contribution in [2.24, 2.45) is 0 Å². The van der Waals surface area contributed by atoms with Crippen molar-refractivity contribution < 1.29 is 9.47 Å². The molecule has 2 aromatic carbocycles. The average molecular weight is 517 g/mol. The Kier molecular flexibility index (Phi) is 6.56. The fraction of sp³-hybridized carbons (Fsp3) is 0.667. The summed E-state index contributed by atoms with van der Waals surface area (Å²) in [6.45, 7) is 26.6. The minimum Gasteiger partial charge on any atom is -0.493 e. The van der Waals surface area contributed by atoms with Crippen LogP contribution in [0.1, 0.15) is 153 Å². The Morgan fingerprint density at radius 1 is 0.789 bits per heavy atom. The maximum Gasteiger partial charge on any atom is 0.127 e. The van der Waals surface area contributed by atoms with Crippen LogP contribution in [0.15, 0.2) is 24.3 Å². The van der Waals surface area contributed by atoms with Gasteiger partial charge < -0.3 is 9.47 Å². The van der Waals surface area contributed by atoms with Gasteiger partial charge in [0.1, 0.15) is 17.6 Å². The summed E-state index contributed by atoms with van der Waals surface area (Å²) in [5, 5.41) is 0. The first-order valence-electron chi connectivity index (χ1n) is 15.2. The lowest BCUT2D eigenvalue weighted by Crippen LogP contribution is -2.33. The minimum atomic E-state index is 0.0430. The molecule has 1 aliphatic carbocycles. The zero-order valence-corrected chi connectivity index (χ0v) is 26.1. The molecular formula is C36H52O2. The lowest BCUT2D eigenvalue weighted by atomic mass is 9.73. The highest BCUT2D eigenvalue weighted by molar-refractivity contribution is 5.56. The normalized spacial score (nSPS) is 22.4. The summed E-state index contributed by atoms with van der Waals surface area (Å²) in [5.41, 5.74) is 9.11. The number of fused-ring (bicyclic) bond motifs is 3. The van der Waals surface area contributed by atoms with Crippen molar-refractivity contribution in [3.05, 3.63) is 57.6 Å². The van der Waals surface area contributed by atoms with E-state index in [0.717, 1.165) is 31.6 Å². The molecule has 0 radical (unpaired) electrons. The summed E-state index contributed by atoms with van der Waals surface area (Å²) in [5.74, 6) is 3.30. The third kappa shape index (κ3) is 4.90. The van der Waals surface area contributed by atoms with Gasteiger partial charge >= 0.3 is 0 Å². The van der Waals surface area contributed by atoms with E-state index in [0.29, 0.717) is 17.3 Å². The fourth-order valence-corrected chi connectivity index (χ4v) is 6.80. The van der Waals surface area contributed by atoms with Crippen LogP contribution >= 0.6 is 0 Å². The van der Waals surface area contributed by atoms with Gasteiger partial charge in [-0.05, 0) is 71.3 Å². The molecule has 5 rings (SSSR count). The predicted octanol–water partition coefficient (Wildman–Crippen LogP) is 9.84. The van der Waals surface area contributed by atoms with Crippen LogP contribution in [0.3, 0.4) is 0 Å². The molecule has 38 heavy (non-hydrogen) atoms. The molecule has 2 aromatic rings. The van der Waals surface area contributed by atoms with Crippen LogP contribution in [0.2, 0.25) is 0 Å². The van der Waals surface area contributed by atoms with Gasteiger partial charge in [0.15, 0.2) is 0 Å². The second-order valence-electron chi connectivity index (χ2n) is 15.9. The zero-order valence-electron chi connectivity index (χ0n) is 26.1. The molecule has 0 aromatic heterocycles. The topological polar surface area (TPSA) is 18.5 Å². The Bertz CT molecular complexity index is 1180. The van der Waals surface area contributed by atoms with Crippen molar-refractivity contribution >= 4 is 0 Å². The van der Waals surface area contributed by atoms with Gasteiger partial charge in [-0.3, -0.25) is 0 Å². The average Bonchev–Trinajstić information content (AvgIpc) is 3.56. The zero-order chi connectivity index (χ0) is 27.8. The quantitative estimate of drug-likeness (QED) is 0.402. The van der Waals surface area contributed by atoms with Crippen LogP contribution < -0.4 is 9.47 Å². The van der Waals surface area contributed by atoms with Crippen LogP contribution in [-0.4, -0.2) is 12.7 Å². The molecule has 2 heteroatoms. The number of benzene rings is 2. The maximum atomic E-state index is 7.02. The number of hydrogen-bond acceptors (Lipinski definition) is 2. The smallest absolute Gasteiger partial charge is 0.127 e. The molecule has 2 unspecified atom stereocenters. The molecule has 1 saturated carbocycles. The highest BCUT2D eigenvalue weighted by atomic mass is 16.5. The fourth-order valence-electron chi connectivity index (χ4n) is 6.80. The first kappa shape index (κ1) is 27.6. The van der Waals surface area contributed by atoms with Crippen LogP contribution in [0.25, 0.3) is 0 Å². The van der Waals surface area contributed by atoms with Gasteiger partial charge in [-0.2, -0.15) is 0 Å². The molecule has 2 aliphatic heterocycles. The number of hydrogen-bond donors (Lipinski definition) is 0. The van der Waals surface area contributed by atoms with E-state index in [1.807, 2.05) is 0 Å². The summed E-state index contributed by atoms with van der Waals surface area (Å²) in [6, 6.07) is 9.84. The van der Waals surface area contributed by atoms with Crippen molar-refractivity contribution in [2.45, 2.75) is 148 Å². The summed E-state index contributed by atoms with van der Waals surface area (Å²) in [6.07, 6.45) is 6.14. The molecular weight excluding hydrogens is 464 g/mol. The van der Waals surface area contributed by atoms with E-state index in [4.69, 9.17) is 9.47 Å². The largest absolute Gasteiger partial charge is 0.493 e. The molecule has 0 N–H and O–H groups in total. The van der Waals surface area contributed by atoms with Crippen molar-refractivity contribution in [1.29, 1.82) is 0 Å². The van der Waals surface area contributed by atoms with Gasteiger partial charge in [0, 0.05) is 27.7 Å². The van der Waals surface area contributed by atoms with Gasteiger partial charge in [-0.1, -0.05) is 100 Å². The van der Waals surface area contributed by atoms with Gasteiger partial charge in [0.05, 0.1) is 6.61 Å². The number of rotatable bonds is 4. The van der Waals surface area contributed by atoms with E-state index in [1.165, 1.54) is 52.0 Å². The summed E-state index contributed by atoms with van der Waals surface area (Å²) in [7, 11) is 0. The van der Waals surface area contributed by atoms with E-state index < -0.39 is 0 Å². The first-order chi connectivity index (χ1) is 17.5. The lowest BCUT2D eigenvalue weighted by molar-refractivity contribution is 0.133. The summed E-state index contributed by atoms with van der Waals surface area (Å²) < 4.78 is 13.3. The second-order valence-corrected chi connectivity index (χ2v) is 15.9. The Morgan fingerprint density at radius 2 is 1.37 bits per heavy atom. The molecule has 0 amide bonds. The molecule has 0 bridgehead atoms. The van der Waals surface area contributed by atoms with Crippen molar-refractivity contribution in [2.75, 3.05) is 6.61 Å². The van der Waals surface area contributed by atoms with Crippen molar-refractivity contribution in [3.8, 4) is 11.5 Å². The van der Waals surface area contributed by atoms with Crippen LogP contribution in [0.5, 0.6) is 11.5 Å². The minimum absolute atomic E-state index is 0.0430. The van der Waals surface area contributed by atoms with Gasteiger partial charge in [-0.15, -0.1) is 0 Å². The van der Waals surface area contributed by atoms with E-state index in [-0.39, 0.29) is 22.3 Å². The van der Waals surface area contributed by atoms with E-state index in [1.54, 1.807) is 0 Å². The summed E-state index contributed by atoms with van der Waals surface area (Å²) in [4.78, 5) is 0. The lowest BCUT2D eigenvalue weighted by Gasteiger charge is -2.39. The first-order valence-corrected chi connectivity index (χ1v) is 15.2. The van der Waals surface area contributed by atoms with E-state index >= 15 is 0 Å². The molecule has 1 fully saturated rings. The van der Waals surface area contributed by atoms with Crippen LogP contribution in [0.4, 0.5) is 0 Å². The van der Waals surface area contributed by atoms with E-state index in [2.05, 4.69) is 100 Å². The Labute approximate surface area is 232 Å². The molecule has 2 heterocycles. The molecule has 3 aliphatic rings. The highest BCUT2D eigenvalue weighted by Gasteiger charge is 2.52. The standard InChI is InChI=1S/C36H52O2/c1-22(2)24-17-28(34(7,8)9)32-30(18-24)36(12-13-36)21-26(38-32)16-23(3)25-19-27(33(4,5)6)31-29(20-25)35(10,11)14-15-37-31/h17-20,22-23,26H,12-16,21H2,1-11H3. The van der Waals surface area contributed by atoms with Crippen LogP contribution in [0, 0.1) is 0 Å². The molecule has 0 saturated heterocycles.